The summed E-state index contributed by atoms with van der Waals surface area (Å²) in [5.41, 5.74) is 6.99. The number of sulfone groups is 1. The summed E-state index contributed by atoms with van der Waals surface area (Å²) in [5.74, 6) is 0. The van der Waals surface area contributed by atoms with E-state index in [9.17, 15) is 8.42 Å². The van der Waals surface area contributed by atoms with Gasteiger partial charge in [0.25, 0.3) is 0 Å². The topological polar surface area (TPSA) is 60.2 Å². The maximum absolute atomic E-state index is 11.3. The second-order valence-electron chi connectivity index (χ2n) is 4.09. The molecular formula is C12H20ClNO2S. The number of halogens is 1. The molecule has 0 saturated heterocycles. The Bertz CT molecular complexity index is 428. The van der Waals surface area contributed by atoms with Gasteiger partial charge >= 0.3 is 0 Å². The Kier molecular flexibility index (Phi) is 6.75. The third-order valence-electron chi connectivity index (χ3n) is 2.61. The Morgan fingerprint density at radius 2 is 1.76 bits per heavy atom. The number of hydrogen-bond donors (Lipinski definition) is 1. The van der Waals surface area contributed by atoms with E-state index in [-0.39, 0.29) is 18.4 Å². The van der Waals surface area contributed by atoms with Gasteiger partial charge in [-0.25, -0.2) is 8.42 Å². The first kappa shape index (κ1) is 16.4. The van der Waals surface area contributed by atoms with E-state index in [0.29, 0.717) is 4.90 Å². The maximum atomic E-state index is 11.3. The quantitative estimate of drug-likeness (QED) is 0.900. The van der Waals surface area contributed by atoms with Crippen molar-refractivity contribution in [2.75, 3.05) is 6.26 Å². The largest absolute Gasteiger partial charge is 0.324 e. The lowest BCUT2D eigenvalue weighted by atomic mass is 10.0. The normalized spacial score (nSPS) is 12.9. The third kappa shape index (κ3) is 5.06. The van der Waals surface area contributed by atoms with Crippen LogP contribution in [0.5, 0.6) is 0 Å². The highest BCUT2D eigenvalue weighted by Crippen LogP contribution is 2.18. The van der Waals surface area contributed by atoms with Gasteiger partial charge in [-0.15, -0.1) is 12.4 Å². The van der Waals surface area contributed by atoms with Crippen LogP contribution in [0.1, 0.15) is 37.8 Å². The first-order valence-electron chi connectivity index (χ1n) is 5.50. The molecule has 0 aliphatic carbocycles. The van der Waals surface area contributed by atoms with E-state index >= 15 is 0 Å². The van der Waals surface area contributed by atoms with Gasteiger partial charge in [0, 0.05) is 12.3 Å². The first-order chi connectivity index (χ1) is 7.45. The molecule has 0 aromatic heterocycles. The van der Waals surface area contributed by atoms with E-state index in [2.05, 4.69) is 6.92 Å². The summed E-state index contributed by atoms with van der Waals surface area (Å²) in [6.45, 7) is 2.12. The fraction of sp³-hybridized carbons (Fsp3) is 0.500. The van der Waals surface area contributed by atoms with Gasteiger partial charge in [-0.3, -0.25) is 0 Å². The smallest absolute Gasteiger partial charge is 0.175 e. The lowest BCUT2D eigenvalue weighted by Gasteiger charge is -2.11. The second-order valence-corrected chi connectivity index (χ2v) is 6.11. The molecule has 3 nitrogen and oxygen atoms in total. The molecule has 0 aliphatic heterocycles. The van der Waals surface area contributed by atoms with Crippen molar-refractivity contribution >= 4 is 22.2 Å². The van der Waals surface area contributed by atoms with Crippen molar-refractivity contribution in [2.45, 2.75) is 37.1 Å². The zero-order chi connectivity index (χ0) is 12.2. The zero-order valence-electron chi connectivity index (χ0n) is 10.2. The molecule has 0 radical (unpaired) electrons. The van der Waals surface area contributed by atoms with Crippen molar-refractivity contribution in [3.05, 3.63) is 29.8 Å². The van der Waals surface area contributed by atoms with Gasteiger partial charge in [0.1, 0.15) is 0 Å². The molecule has 0 aliphatic rings. The molecule has 5 heteroatoms. The molecule has 1 rings (SSSR count). The summed E-state index contributed by atoms with van der Waals surface area (Å²) < 4.78 is 22.5. The molecule has 0 heterocycles. The van der Waals surface area contributed by atoms with Crippen LogP contribution >= 0.6 is 12.4 Å². The highest BCUT2D eigenvalue weighted by Gasteiger charge is 2.09. The number of benzene rings is 1. The Hall–Kier alpha value is -0.580. The summed E-state index contributed by atoms with van der Waals surface area (Å²) in [6, 6.07) is 6.86. The van der Waals surface area contributed by atoms with E-state index in [1.807, 2.05) is 0 Å². The zero-order valence-corrected chi connectivity index (χ0v) is 11.9. The van der Waals surface area contributed by atoms with Gasteiger partial charge in [-0.1, -0.05) is 31.9 Å². The van der Waals surface area contributed by atoms with E-state index in [1.54, 1.807) is 24.3 Å². The molecule has 1 aromatic carbocycles. The Labute approximate surface area is 110 Å². The van der Waals surface area contributed by atoms with Crippen molar-refractivity contribution in [3.63, 3.8) is 0 Å². The van der Waals surface area contributed by atoms with Crippen molar-refractivity contribution < 1.29 is 8.42 Å². The van der Waals surface area contributed by atoms with Crippen molar-refractivity contribution in [1.82, 2.24) is 0 Å². The van der Waals surface area contributed by atoms with Crippen LogP contribution in [-0.2, 0) is 9.84 Å². The predicted octanol–water partition coefficient (Wildman–Crippen LogP) is 2.70. The van der Waals surface area contributed by atoms with E-state index in [1.165, 1.54) is 6.26 Å². The second kappa shape index (κ2) is 6.99. The number of unbranched alkanes of at least 4 members (excludes halogenated alkanes) is 1. The van der Waals surface area contributed by atoms with Gasteiger partial charge in [0.05, 0.1) is 4.90 Å². The summed E-state index contributed by atoms with van der Waals surface area (Å²) in [7, 11) is -3.10. The number of nitrogens with two attached hydrogens (primary N) is 1. The Morgan fingerprint density at radius 3 is 2.18 bits per heavy atom. The molecule has 1 aromatic rings. The molecule has 0 spiro atoms. The van der Waals surface area contributed by atoms with Crippen LogP contribution in [0.3, 0.4) is 0 Å². The monoisotopic (exact) mass is 277 g/mol. The minimum absolute atomic E-state index is 0. The van der Waals surface area contributed by atoms with E-state index in [0.717, 1.165) is 24.8 Å². The van der Waals surface area contributed by atoms with Crippen LogP contribution in [0.25, 0.3) is 0 Å². The minimum Gasteiger partial charge on any atom is -0.324 e. The molecular weight excluding hydrogens is 258 g/mol. The maximum Gasteiger partial charge on any atom is 0.175 e. The summed E-state index contributed by atoms with van der Waals surface area (Å²) in [5, 5.41) is 0. The summed E-state index contributed by atoms with van der Waals surface area (Å²) in [6.07, 6.45) is 4.36. The van der Waals surface area contributed by atoms with Crippen molar-refractivity contribution in [1.29, 1.82) is 0 Å². The lowest BCUT2D eigenvalue weighted by Crippen LogP contribution is -2.10. The fourth-order valence-electron chi connectivity index (χ4n) is 1.55. The average Bonchev–Trinajstić information content (AvgIpc) is 2.25. The molecule has 0 fully saturated rings. The third-order valence-corrected chi connectivity index (χ3v) is 3.73. The lowest BCUT2D eigenvalue weighted by molar-refractivity contribution is 0.598. The molecule has 1 atom stereocenters. The molecule has 98 valence electrons. The SMILES string of the molecule is CCCC[C@H](N)c1ccc(S(C)(=O)=O)cc1.Cl. The van der Waals surface area contributed by atoms with Gasteiger partial charge in [0.2, 0.25) is 0 Å². The van der Waals surface area contributed by atoms with Crippen LogP contribution in [0.2, 0.25) is 0 Å². The average molecular weight is 278 g/mol. The number of hydrogen-bond acceptors (Lipinski definition) is 3. The van der Waals surface area contributed by atoms with Crippen LogP contribution in [0.4, 0.5) is 0 Å². The molecule has 0 unspecified atom stereocenters. The Balaban J connectivity index is 0.00000256. The standard InChI is InChI=1S/C12H19NO2S.ClH/c1-3-4-5-12(13)10-6-8-11(9-7-10)16(2,14)15;/h6-9,12H,3-5,13H2,1-2H3;1H/t12-;/m0./s1. The van der Waals surface area contributed by atoms with Crippen LogP contribution < -0.4 is 5.73 Å². The molecule has 17 heavy (non-hydrogen) atoms. The number of rotatable bonds is 5. The van der Waals surface area contributed by atoms with Crippen LogP contribution in [-0.4, -0.2) is 14.7 Å². The van der Waals surface area contributed by atoms with Gasteiger partial charge in [0.15, 0.2) is 9.84 Å². The molecule has 2 N–H and O–H groups in total. The van der Waals surface area contributed by atoms with Gasteiger partial charge in [-0.05, 0) is 24.1 Å². The molecule has 0 bridgehead atoms. The van der Waals surface area contributed by atoms with Crippen LogP contribution in [0, 0.1) is 0 Å². The molecule has 0 saturated carbocycles. The highest BCUT2D eigenvalue weighted by molar-refractivity contribution is 7.90. The first-order valence-corrected chi connectivity index (χ1v) is 7.40. The molecule has 0 amide bonds. The van der Waals surface area contributed by atoms with Crippen LogP contribution in [0.15, 0.2) is 29.2 Å². The van der Waals surface area contributed by atoms with Crippen molar-refractivity contribution in [3.8, 4) is 0 Å². The van der Waals surface area contributed by atoms with E-state index in [4.69, 9.17) is 5.73 Å². The summed E-state index contributed by atoms with van der Waals surface area (Å²) in [4.78, 5) is 0.346. The predicted molar refractivity (Wildman–Crippen MR) is 73.3 cm³/mol. The van der Waals surface area contributed by atoms with Crippen molar-refractivity contribution in [2.24, 2.45) is 5.73 Å². The fourth-order valence-corrected chi connectivity index (χ4v) is 2.18. The summed E-state index contributed by atoms with van der Waals surface area (Å²) >= 11 is 0. The van der Waals surface area contributed by atoms with Gasteiger partial charge in [-0.2, -0.15) is 0 Å². The minimum atomic E-state index is -3.10. The van der Waals surface area contributed by atoms with Gasteiger partial charge < -0.3 is 5.73 Å². The highest BCUT2D eigenvalue weighted by atomic mass is 35.5. The Morgan fingerprint density at radius 1 is 1.24 bits per heavy atom. The van der Waals surface area contributed by atoms with E-state index < -0.39 is 9.84 Å².